The Kier molecular flexibility index (Phi) is 48.8. The summed E-state index contributed by atoms with van der Waals surface area (Å²) in [4.78, 5) is 110. The molecule has 3 saturated heterocycles. The van der Waals surface area contributed by atoms with E-state index in [-0.39, 0.29) is 141 Å². The van der Waals surface area contributed by atoms with E-state index in [0.717, 1.165) is 83.5 Å². The second-order valence-electron chi connectivity index (χ2n) is 30.2. The average Bonchev–Trinajstić information content (AvgIpc) is 0.799. The van der Waals surface area contributed by atoms with Gasteiger partial charge in [0.1, 0.15) is 25.6 Å². The number of amides is 3. The first kappa shape index (κ1) is 93.2. The number of carbonyl (C=O) groups is 9. The molecule has 5 N–H and O–H groups in total. The van der Waals surface area contributed by atoms with Crippen molar-refractivity contribution in [2.75, 3.05) is 79.1 Å². The number of unbranched alkanes of at least 4 members (excludes halogenated alkanes) is 12. The van der Waals surface area contributed by atoms with Crippen molar-refractivity contribution in [2.45, 2.75) is 318 Å². The molecule has 25 heteroatoms. The average molecular weight is 1480 g/mol. The SMILES string of the molecule is CC(=O)OCC1OC(OCCCC(=O)CCCCCCCNC(=O)OCCCC(N)(CCCOC(=O)CCCCCCCNC(=O)CCCOC2OC(COC(C)=O)C(C)C(C)C2C)CCCOC(=O)CCCCCCCNC(=O)CCCOC2OC(COC(C)=O)C(C)C(C)C2C)C(C)C(C)C1C. The minimum atomic E-state index is -0.680. The van der Waals surface area contributed by atoms with E-state index in [1.165, 1.54) is 20.8 Å². The third-order valence-electron chi connectivity index (χ3n) is 21.7. The second kappa shape index (κ2) is 54.5. The standard InChI is InChI=1S/C79H140N4O21/c1-55-58(4)68(52-99-64(10)84)102-75(61(55)7)95-46-28-35-67(87)34-22-16-13-21-27-45-83-78(92)98-51-33-42-79(80,40-31-49-93-73(90)38-23-17-14-19-25-43-81-71(88)36-29-47-96-76-62(8)56(2)59(5)69(103-76)53-100-65(11)85)41-32-50-94-74(91)39-24-18-15-20-26-44-82-72(89)37-30-48-97-77-63(9)57(3)60(6)70(104-77)54-101-66(12)86/h55-63,68-70,75-77H,13-54,80H2,1-12H3,(H,81,88)(H,82,89)(H,83,92). The van der Waals surface area contributed by atoms with E-state index in [1.807, 2.05) is 0 Å². The van der Waals surface area contributed by atoms with Crippen molar-refractivity contribution >= 4 is 53.5 Å². The Labute approximate surface area is 623 Å². The van der Waals surface area contributed by atoms with Crippen LogP contribution in [-0.2, 0) is 95.2 Å². The van der Waals surface area contributed by atoms with Crippen molar-refractivity contribution < 1.29 is 100.0 Å². The van der Waals surface area contributed by atoms with Gasteiger partial charge in [0.25, 0.3) is 0 Å². The monoisotopic (exact) mass is 1480 g/mol. The molecule has 104 heavy (non-hydrogen) atoms. The van der Waals surface area contributed by atoms with Gasteiger partial charge in [-0.1, -0.05) is 120 Å². The largest absolute Gasteiger partial charge is 0.466 e. The van der Waals surface area contributed by atoms with Gasteiger partial charge >= 0.3 is 35.9 Å². The lowest BCUT2D eigenvalue weighted by molar-refractivity contribution is -0.255. The van der Waals surface area contributed by atoms with Crippen LogP contribution < -0.4 is 21.7 Å². The zero-order valence-electron chi connectivity index (χ0n) is 66.0. The van der Waals surface area contributed by atoms with Gasteiger partial charge in [-0.2, -0.15) is 0 Å². The molecule has 0 aromatic rings. The maximum Gasteiger partial charge on any atom is 0.407 e. The number of nitrogens with two attached hydrogens (primary N) is 1. The zero-order chi connectivity index (χ0) is 76.7. The van der Waals surface area contributed by atoms with E-state index < -0.39 is 30.5 Å². The van der Waals surface area contributed by atoms with Crippen molar-refractivity contribution in [2.24, 2.45) is 59.0 Å². The van der Waals surface area contributed by atoms with Crippen molar-refractivity contribution in [3.63, 3.8) is 0 Å². The second-order valence-corrected chi connectivity index (χ2v) is 30.2. The molecule has 3 rings (SSSR count). The van der Waals surface area contributed by atoms with Crippen LogP contribution in [0.2, 0.25) is 0 Å². The lowest BCUT2D eigenvalue weighted by Gasteiger charge is -2.43. The molecule has 3 aliphatic heterocycles. The molecule has 3 aliphatic rings. The minimum absolute atomic E-state index is 0.0233. The van der Waals surface area contributed by atoms with Gasteiger partial charge in [-0.3, -0.25) is 38.4 Å². The summed E-state index contributed by atoms with van der Waals surface area (Å²) in [6.07, 6.45) is 17.7. The lowest BCUT2D eigenvalue weighted by Crippen LogP contribution is -2.47. The highest BCUT2D eigenvalue weighted by Gasteiger charge is 2.43. The summed E-state index contributed by atoms with van der Waals surface area (Å²) in [6.45, 7) is 27.3. The van der Waals surface area contributed by atoms with Gasteiger partial charge < -0.3 is 78.5 Å². The molecule has 15 atom stereocenters. The van der Waals surface area contributed by atoms with E-state index in [9.17, 15) is 43.2 Å². The van der Waals surface area contributed by atoms with E-state index >= 15 is 0 Å². The first-order chi connectivity index (χ1) is 49.7. The molecular formula is C79H140N4O21. The molecule has 0 spiro atoms. The van der Waals surface area contributed by atoms with Gasteiger partial charge in [0.2, 0.25) is 11.8 Å². The highest BCUT2D eigenvalue weighted by atomic mass is 16.7. The summed E-state index contributed by atoms with van der Waals surface area (Å²) in [5.74, 6) is 0.726. The Bertz CT molecular complexity index is 2180. The summed E-state index contributed by atoms with van der Waals surface area (Å²) in [5.41, 5.74) is 6.35. The molecule has 0 aromatic heterocycles. The maximum atomic E-state index is 12.7. The molecule has 0 aliphatic carbocycles. The third kappa shape index (κ3) is 40.8. The van der Waals surface area contributed by atoms with E-state index in [4.69, 9.17) is 62.6 Å². The fourth-order valence-electron chi connectivity index (χ4n) is 13.7. The van der Waals surface area contributed by atoms with Crippen molar-refractivity contribution in [3.8, 4) is 0 Å². The van der Waals surface area contributed by atoms with Crippen LogP contribution in [0.25, 0.3) is 0 Å². The van der Waals surface area contributed by atoms with Gasteiger partial charge in [-0.05, 0) is 132 Å². The first-order valence-corrected chi connectivity index (χ1v) is 40.0. The number of rotatable bonds is 57. The first-order valence-electron chi connectivity index (χ1n) is 40.0. The number of nitrogens with one attached hydrogen (secondary N) is 3. The topological polar surface area (TPSA) is 326 Å². The predicted molar refractivity (Wildman–Crippen MR) is 394 cm³/mol. The molecule has 3 amide bonds. The third-order valence-corrected chi connectivity index (χ3v) is 21.7. The van der Waals surface area contributed by atoms with Gasteiger partial charge in [-0.25, -0.2) is 4.79 Å². The molecule has 0 radical (unpaired) electrons. The van der Waals surface area contributed by atoms with Crippen LogP contribution in [0.1, 0.15) is 276 Å². The number of ketones is 1. The molecule has 0 bridgehead atoms. The van der Waals surface area contributed by atoms with Gasteiger partial charge in [0, 0.05) is 102 Å². The van der Waals surface area contributed by atoms with E-state index in [1.54, 1.807) is 0 Å². The zero-order valence-corrected chi connectivity index (χ0v) is 66.0. The summed E-state index contributed by atoms with van der Waals surface area (Å²) in [6, 6.07) is 0. The number of hydrogen-bond donors (Lipinski definition) is 4. The summed E-state index contributed by atoms with van der Waals surface area (Å²) in [7, 11) is 0. The van der Waals surface area contributed by atoms with Gasteiger partial charge in [0.15, 0.2) is 18.9 Å². The highest BCUT2D eigenvalue weighted by Crippen LogP contribution is 2.38. The highest BCUT2D eigenvalue weighted by molar-refractivity contribution is 5.78. The molecule has 0 aromatic carbocycles. The fraction of sp³-hybridized carbons (Fsp3) is 0.886. The van der Waals surface area contributed by atoms with Crippen LogP contribution in [0.4, 0.5) is 4.79 Å². The molecule has 25 nitrogen and oxygen atoms in total. The molecular weight excluding hydrogens is 1340 g/mol. The molecule has 3 fully saturated rings. The molecule has 0 saturated carbocycles. The predicted octanol–water partition coefficient (Wildman–Crippen LogP) is 12.6. The Balaban J connectivity index is 1.29. The minimum Gasteiger partial charge on any atom is -0.466 e. The van der Waals surface area contributed by atoms with Crippen LogP contribution in [0.15, 0.2) is 0 Å². The van der Waals surface area contributed by atoms with Crippen LogP contribution in [0, 0.1) is 53.3 Å². The Hall–Kier alpha value is -5.05. The Morgan fingerprint density at radius 3 is 0.971 bits per heavy atom. The normalized spacial score (nSPS) is 25.2. The molecule has 602 valence electrons. The number of hydrogen-bond acceptors (Lipinski definition) is 22. The smallest absolute Gasteiger partial charge is 0.407 e. The number of esters is 5. The number of Topliss-reactive ketones (excluding diaryl/α,β-unsaturated/α-hetero) is 1. The van der Waals surface area contributed by atoms with Crippen LogP contribution in [0.3, 0.4) is 0 Å². The summed E-state index contributed by atoms with van der Waals surface area (Å²) < 4.78 is 69.0. The van der Waals surface area contributed by atoms with Crippen molar-refractivity contribution in [1.82, 2.24) is 16.0 Å². The summed E-state index contributed by atoms with van der Waals surface area (Å²) >= 11 is 0. The van der Waals surface area contributed by atoms with Crippen LogP contribution >= 0.6 is 0 Å². The quantitative estimate of drug-likeness (QED) is 0.0250. The van der Waals surface area contributed by atoms with E-state index in [2.05, 4.69) is 78.3 Å². The van der Waals surface area contributed by atoms with Crippen LogP contribution in [0.5, 0.6) is 0 Å². The number of carbonyl (C=O) groups excluding carboxylic acids is 9. The summed E-state index contributed by atoms with van der Waals surface area (Å²) in [5, 5.41) is 8.82. The van der Waals surface area contributed by atoms with Crippen molar-refractivity contribution in [3.05, 3.63) is 0 Å². The fourth-order valence-corrected chi connectivity index (χ4v) is 13.7. The van der Waals surface area contributed by atoms with Gasteiger partial charge in [0.05, 0.1) is 58.0 Å². The number of alkyl carbamates (subject to hydrolysis) is 1. The van der Waals surface area contributed by atoms with E-state index in [0.29, 0.717) is 166 Å². The van der Waals surface area contributed by atoms with Crippen molar-refractivity contribution in [1.29, 1.82) is 0 Å². The number of ether oxygens (including phenoxy) is 12. The van der Waals surface area contributed by atoms with Crippen LogP contribution in [-0.4, -0.2) is 175 Å². The molecule has 15 unspecified atom stereocenters. The van der Waals surface area contributed by atoms with Gasteiger partial charge in [-0.15, -0.1) is 0 Å². The maximum absolute atomic E-state index is 12.7. The Morgan fingerprint density at radius 1 is 0.317 bits per heavy atom. The molecule has 3 heterocycles. The Morgan fingerprint density at radius 2 is 0.615 bits per heavy atom. The lowest BCUT2D eigenvalue weighted by atomic mass is 9.79.